The molecule has 148 valence electrons. The van der Waals surface area contributed by atoms with Crippen molar-refractivity contribution >= 4 is 27.8 Å². The van der Waals surface area contributed by atoms with Gasteiger partial charge in [0.2, 0.25) is 0 Å². The molecule has 1 aliphatic heterocycles. The Morgan fingerprint density at radius 3 is 2.61 bits per heavy atom. The van der Waals surface area contributed by atoms with Gasteiger partial charge in [0.25, 0.3) is 0 Å². The lowest BCUT2D eigenvalue weighted by molar-refractivity contribution is -0.134. The van der Waals surface area contributed by atoms with Crippen LogP contribution in [0.25, 0.3) is 11.3 Å². The van der Waals surface area contributed by atoms with Gasteiger partial charge in [-0.25, -0.2) is 9.97 Å². The van der Waals surface area contributed by atoms with E-state index in [9.17, 15) is 13.2 Å². The molecule has 1 saturated heterocycles. The van der Waals surface area contributed by atoms with Gasteiger partial charge in [-0.2, -0.15) is 13.2 Å². The number of para-hydroxylation sites is 1. The number of aromatic nitrogens is 2. The smallest absolute Gasteiger partial charge is 0.427 e. The van der Waals surface area contributed by atoms with Crippen LogP contribution in [-0.2, 0) is 6.18 Å². The zero-order chi connectivity index (χ0) is 19.7. The third-order valence-electron chi connectivity index (χ3n) is 4.79. The molecule has 0 spiro atoms. The predicted octanol–water partition coefficient (Wildman–Crippen LogP) is 5.68. The summed E-state index contributed by atoms with van der Waals surface area (Å²) in [6, 6.07) is 7.78. The van der Waals surface area contributed by atoms with Crippen LogP contribution < -0.4 is 9.64 Å². The Bertz CT molecular complexity index is 946. The Morgan fingerprint density at radius 1 is 1.18 bits per heavy atom. The van der Waals surface area contributed by atoms with Gasteiger partial charge in [-0.15, -0.1) is 11.3 Å². The highest BCUT2D eigenvalue weighted by Crippen LogP contribution is 2.39. The summed E-state index contributed by atoms with van der Waals surface area (Å²) in [5.41, 5.74) is 1.86. The molecule has 1 fully saturated rings. The molecule has 28 heavy (non-hydrogen) atoms. The third-order valence-corrected chi connectivity index (χ3v) is 6.90. The normalized spacial score (nSPS) is 15.8. The Labute approximate surface area is 168 Å². The van der Waals surface area contributed by atoms with Crippen molar-refractivity contribution in [3.63, 3.8) is 0 Å². The maximum Gasteiger partial charge on any atom is 0.427 e. The molecule has 3 heterocycles. The predicted molar refractivity (Wildman–Crippen MR) is 105 cm³/mol. The molecule has 0 atom stereocenters. The van der Waals surface area contributed by atoms with Crippen LogP contribution >= 0.6 is 22.7 Å². The molecule has 4 nitrogen and oxygen atoms in total. The van der Waals surface area contributed by atoms with Gasteiger partial charge in [-0.05, 0) is 25.0 Å². The van der Waals surface area contributed by atoms with E-state index in [2.05, 4.69) is 4.98 Å². The van der Waals surface area contributed by atoms with E-state index in [4.69, 9.17) is 9.72 Å². The zero-order valence-corrected chi connectivity index (χ0v) is 16.7. The van der Waals surface area contributed by atoms with Crippen molar-refractivity contribution in [3.8, 4) is 17.0 Å². The van der Waals surface area contributed by atoms with Crippen molar-refractivity contribution in [3.05, 3.63) is 45.7 Å². The minimum Gasteiger partial charge on any atom is -0.496 e. The van der Waals surface area contributed by atoms with Gasteiger partial charge in [-0.1, -0.05) is 23.5 Å². The van der Waals surface area contributed by atoms with Crippen molar-refractivity contribution in [1.29, 1.82) is 0 Å². The number of halogens is 3. The molecule has 4 rings (SSSR count). The maximum atomic E-state index is 12.8. The van der Waals surface area contributed by atoms with E-state index in [0.29, 0.717) is 35.5 Å². The fourth-order valence-corrected chi connectivity index (χ4v) is 5.14. The van der Waals surface area contributed by atoms with Crippen LogP contribution in [0.1, 0.15) is 28.6 Å². The Balaban J connectivity index is 1.43. The molecule has 0 N–H and O–H groups in total. The van der Waals surface area contributed by atoms with Crippen LogP contribution in [0.3, 0.4) is 0 Å². The van der Waals surface area contributed by atoms with Crippen molar-refractivity contribution < 1.29 is 17.9 Å². The number of rotatable bonds is 4. The first kappa shape index (κ1) is 19.2. The van der Waals surface area contributed by atoms with Crippen LogP contribution in [0.5, 0.6) is 5.75 Å². The number of methoxy groups -OCH3 is 1. The number of benzene rings is 1. The molecule has 1 aromatic carbocycles. The lowest BCUT2D eigenvalue weighted by Gasteiger charge is -2.30. The fraction of sp³-hybridized carbons (Fsp3) is 0.368. The second-order valence-corrected chi connectivity index (χ2v) is 8.44. The first-order chi connectivity index (χ1) is 13.5. The molecule has 2 aromatic heterocycles. The van der Waals surface area contributed by atoms with Crippen LogP contribution in [-0.4, -0.2) is 30.2 Å². The van der Waals surface area contributed by atoms with Crippen molar-refractivity contribution in [2.75, 3.05) is 25.1 Å². The van der Waals surface area contributed by atoms with E-state index in [1.165, 1.54) is 0 Å². The van der Waals surface area contributed by atoms with Crippen LogP contribution in [0.2, 0.25) is 0 Å². The number of hydrogen-bond donors (Lipinski definition) is 0. The number of nitrogens with zero attached hydrogens (tertiary/aromatic N) is 3. The molecular weight excluding hydrogens is 407 g/mol. The van der Waals surface area contributed by atoms with E-state index in [-0.39, 0.29) is 0 Å². The number of alkyl halides is 3. The van der Waals surface area contributed by atoms with Gasteiger partial charge in [0, 0.05) is 30.0 Å². The number of piperidine rings is 1. The second-order valence-electron chi connectivity index (χ2n) is 6.54. The van der Waals surface area contributed by atoms with Crippen LogP contribution in [0.15, 0.2) is 35.8 Å². The van der Waals surface area contributed by atoms with Crippen LogP contribution in [0, 0.1) is 0 Å². The summed E-state index contributed by atoms with van der Waals surface area (Å²) < 4.78 is 43.8. The van der Waals surface area contributed by atoms with Gasteiger partial charge in [0.15, 0.2) is 5.13 Å². The Kier molecular flexibility index (Phi) is 5.29. The number of thiazole rings is 2. The number of hydrogen-bond acceptors (Lipinski definition) is 6. The van der Waals surface area contributed by atoms with Gasteiger partial charge in [0.05, 0.1) is 24.0 Å². The Morgan fingerprint density at radius 2 is 1.93 bits per heavy atom. The quantitative estimate of drug-likeness (QED) is 0.539. The van der Waals surface area contributed by atoms with Crippen molar-refractivity contribution in [2.24, 2.45) is 0 Å². The first-order valence-corrected chi connectivity index (χ1v) is 10.5. The minimum absolute atomic E-state index is 0.312. The van der Waals surface area contributed by atoms with Crippen molar-refractivity contribution in [2.45, 2.75) is 24.9 Å². The third kappa shape index (κ3) is 3.86. The molecule has 0 unspecified atom stereocenters. The highest BCUT2D eigenvalue weighted by atomic mass is 32.1. The molecular formula is C19H18F3N3OS2. The summed E-state index contributed by atoms with van der Waals surface area (Å²) in [7, 11) is 1.64. The van der Waals surface area contributed by atoms with E-state index >= 15 is 0 Å². The molecule has 0 bridgehead atoms. The van der Waals surface area contributed by atoms with Crippen LogP contribution in [0.4, 0.5) is 18.3 Å². The topological polar surface area (TPSA) is 38.2 Å². The molecule has 3 aromatic rings. The SMILES string of the molecule is COc1ccccc1-c1csc(C2CCN(c3ncc(C(F)(F)F)s3)CC2)n1. The van der Waals surface area contributed by atoms with E-state index in [1.54, 1.807) is 18.4 Å². The highest BCUT2D eigenvalue weighted by molar-refractivity contribution is 7.15. The molecule has 0 radical (unpaired) electrons. The lowest BCUT2D eigenvalue weighted by atomic mass is 9.98. The average Bonchev–Trinajstić information content (AvgIpc) is 3.38. The molecule has 1 aliphatic rings. The van der Waals surface area contributed by atoms with Gasteiger partial charge in [0.1, 0.15) is 10.6 Å². The summed E-state index contributed by atoms with van der Waals surface area (Å²) in [4.78, 5) is 10.1. The van der Waals surface area contributed by atoms with E-state index in [0.717, 1.165) is 41.1 Å². The average molecular weight is 426 g/mol. The molecule has 0 aliphatic carbocycles. The summed E-state index contributed by atoms with van der Waals surface area (Å²) in [5.74, 6) is 1.10. The summed E-state index contributed by atoms with van der Waals surface area (Å²) in [6.07, 6.45) is -1.71. The Hall–Kier alpha value is -2.13. The monoisotopic (exact) mass is 425 g/mol. The van der Waals surface area contributed by atoms with Gasteiger partial charge >= 0.3 is 6.18 Å². The van der Waals surface area contributed by atoms with E-state index < -0.39 is 11.1 Å². The highest BCUT2D eigenvalue weighted by Gasteiger charge is 2.34. The number of ether oxygens (including phenoxy) is 1. The van der Waals surface area contributed by atoms with Crippen molar-refractivity contribution in [1.82, 2.24) is 9.97 Å². The maximum absolute atomic E-state index is 12.8. The second kappa shape index (κ2) is 7.71. The lowest BCUT2D eigenvalue weighted by Crippen LogP contribution is -2.32. The zero-order valence-electron chi connectivity index (χ0n) is 15.1. The molecule has 0 amide bonds. The number of anilines is 1. The molecule has 9 heteroatoms. The summed E-state index contributed by atoms with van der Waals surface area (Å²) >= 11 is 2.34. The van der Waals surface area contributed by atoms with Gasteiger partial charge < -0.3 is 9.64 Å². The first-order valence-electron chi connectivity index (χ1n) is 8.82. The molecule has 0 saturated carbocycles. The van der Waals surface area contributed by atoms with E-state index in [1.807, 2.05) is 34.5 Å². The largest absolute Gasteiger partial charge is 0.496 e. The standard InChI is InChI=1S/C19H18F3N3OS2/c1-26-15-5-3-2-4-13(15)14-11-27-17(24-14)12-6-8-25(9-7-12)18-23-10-16(28-18)19(20,21)22/h2-5,10-12H,6-9H2,1H3. The fourth-order valence-electron chi connectivity index (χ4n) is 3.31. The minimum atomic E-state index is -4.33. The van der Waals surface area contributed by atoms with Gasteiger partial charge in [-0.3, -0.25) is 0 Å². The summed E-state index contributed by atoms with van der Waals surface area (Å²) in [6.45, 7) is 1.36. The summed E-state index contributed by atoms with van der Waals surface area (Å²) in [5, 5.41) is 3.55.